The van der Waals surface area contributed by atoms with Crippen LogP contribution in [0, 0.1) is 11.3 Å². The monoisotopic (exact) mass is 261 g/mol. The van der Waals surface area contributed by atoms with Gasteiger partial charge in [0.25, 0.3) is 0 Å². The number of aliphatic carboxylic acids is 1. The molecule has 0 atom stereocenters. The minimum Gasteiger partial charge on any atom is -0.481 e. The second-order valence-corrected chi connectivity index (χ2v) is 4.07. The number of anilines is 1. The van der Waals surface area contributed by atoms with Crippen LogP contribution >= 0.6 is 0 Å². The summed E-state index contributed by atoms with van der Waals surface area (Å²) in [6.07, 6.45) is -0.0938. The lowest BCUT2D eigenvalue weighted by Crippen LogP contribution is -2.39. The van der Waals surface area contributed by atoms with E-state index in [1.165, 1.54) is 9.80 Å². The minimum atomic E-state index is -0.944. The van der Waals surface area contributed by atoms with Crippen molar-refractivity contribution in [3.63, 3.8) is 0 Å². The lowest BCUT2D eigenvalue weighted by molar-refractivity contribution is -0.137. The van der Waals surface area contributed by atoms with Gasteiger partial charge in [-0.2, -0.15) is 5.26 Å². The van der Waals surface area contributed by atoms with Crippen LogP contribution in [0.25, 0.3) is 0 Å². The number of hydrogen-bond donors (Lipinski definition) is 1. The molecule has 2 amide bonds. The van der Waals surface area contributed by atoms with E-state index in [9.17, 15) is 9.59 Å². The summed E-state index contributed by atoms with van der Waals surface area (Å²) in [7, 11) is 3.15. The van der Waals surface area contributed by atoms with Crippen LogP contribution in [-0.2, 0) is 4.79 Å². The number of carboxylic acid groups (broad SMARTS) is 1. The van der Waals surface area contributed by atoms with Gasteiger partial charge in [0.1, 0.15) is 0 Å². The second kappa shape index (κ2) is 6.40. The molecule has 0 saturated carbocycles. The van der Waals surface area contributed by atoms with Gasteiger partial charge >= 0.3 is 12.0 Å². The SMILES string of the molecule is CN(CCC(=O)O)C(=O)N(C)c1ccc(C#N)cc1. The molecule has 0 spiro atoms. The highest BCUT2D eigenvalue weighted by Crippen LogP contribution is 2.14. The highest BCUT2D eigenvalue weighted by Gasteiger charge is 2.16. The van der Waals surface area contributed by atoms with Crippen molar-refractivity contribution in [2.75, 3.05) is 25.5 Å². The van der Waals surface area contributed by atoms with Crippen LogP contribution in [0.5, 0.6) is 0 Å². The van der Waals surface area contributed by atoms with Gasteiger partial charge in [-0.25, -0.2) is 4.79 Å². The van der Waals surface area contributed by atoms with Gasteiger partial charge in [-0.15, -0.1) is 0 Å². The first kappa shape index (κ1) is 14.5. The van der Waals surface area contributed by atoms with E-state index >= 15 is 0 Å². The molecule has 0 aliphatic heterocycles. The molecule has 0 aliphatic carbocycles. The van der Waals surface area contributed by atoms with E-state index in [-0.39, 0.29) is 19.0 Å². The molecule has 0 aromatic heterocycles. The normalized spacial score (nSPS) is 9.53. The summed E-state index contributed by atoms with van der Waals surface area (Å²) in [6, 6.07) is 8.28. The van der Waals surface area contributed by atoms with Crippen LogP contribution < -0.4 is 4.90 Å². The standard InChI is InChI=1S/C13H15N3O3/c1-15(8-7-12(17)18)13(19)16(2)11-5-3-10(9-14)4-6-11/h3-6H,7-8H2,1-2H3,(H,17,18). The Morgan fingerprint density at radius 3 is 2.32 bits per heavy atom. The molecule has 100 valence electrons. The molecule has 1 N–H and O–H groups in total. The molecule has 0 saturated heterocycles. The van der Waals surface area contributed by atoms with E-state index in [4.69, 9.17) is 10.4 Å². The van der Waals surface area contributed by atoms with E-state index < -0.39 is 5.97 Å². The molecule has 19 heavy (non-hydrogen) atoms. The fraction of sp³-hybridized carbons (Fsp3) is 0.308. The van der Waals surface area contributed by atoms with Crippen molar-refractivity contribution in [3.8, 4) is 6.07 Å². The molecule has 0 aliphatic rings. The number of amides is 2. The quantitative estimate of drug-likeness (QED) is 0.890. The van der Waals surface area contributed by atoms with Crippen molar-refractivity contribution in [2.24, 2.45) is 0 Å². The molecule has 1 rings (SSSR count). The number of urea groups is 1. The van der Waals surface area contributed by atoms with Gasteiger partial charge in [-0.05, 0) is 24.3 Å². The number of nitrogens with zero attached hydrogens (tertiary/aromatic N) is 3. The number of hydrogen-bond acceptors (Lipinski definition) is 3. The molecule has 6 nitrogen and oxygen atoms in total. The maximum atomic E-state index is 12.0. The van der Waals surface area contributed by atoms with Crippen molar-refractivity contribution in [2.45, 2.75) is 6.42 Å². The van der Waals surface area contributed by atoms with E-state index in [2.05, 4.69) is 0 Å². The number of carbonyl (C=O) groups is 2. The first-order valence-corrected chi connectivity index (χ1v) is 5.66. The summed E-state index contributed by atoms with van der Waals surface area (Å²) < 4.78 is 0. The number of rotatable bonds is 4. The van der Waals surface area contributed by atoms with Gasteiger partial charge in [0.2, 0.25) is 0 Å². The zero-order valence-corrected chi connectivity index (χ0v) is 10.8. The third-order valence-corrected chi connectivity index (χ3v) is 2.66. The van der Waals surface area contributed by atoms with Crippen LogP contribution in [0.4, 0.5) is 10.5 Å². The molecule has 0 heterocycles. The maximum Gasteiger partial charge on any atom is 0.323 e. The van der Waals surface area contributed by atoms with Crippen molar-refractivity contribution >= 4 is 17.7 Å². The molecule has 0 fully saturated rings. The van der Waals surface area contributed by atoms with Crippen LogP contribution in [0.2, 0.25) is 0 Å². The number of carbonyl (C=O) groups excluding carboxylic acids is 1. The van der Waals surface area contributed by atoms with E-state index in [0.29, 0.717) is 11.3 Å². The van der Waals surface area contributed by atoms with Crippen LogP contribution in [0.1, 0.15) is 12.0 Å². The van der Waals surface area contributed by atoms with Gasteiger partial charge in [-0.1, -0.05) is 0 Å². The van der Waals surface area contributed by atoms with E-state index in [0.717, 1.165) is 0 Å². The Hall–Kier alpha value is -2.55. The Morgan fingerprint density at radius 1 is 1.26 bits per heavy atom. The van der Waals surface area contributed by atoms with Crippen LogP contribution in [0.15, 0.2) is 24.3 Å². The number of nitriles is 1. The average molecular weight is 261 g/mol. The largest absolute Gasteiger partial charge is 0.481 e. The first-order chi connectivity index (χ1) is 8.95. The third kappa shape index (κ3) is 4.00. The van der Waals surface area contributed by atoms with Crippen LogP contribution in [-0.4, -0.2) is 42.6 Å². The molecular formula is C13H15N3O3. The highest BCUT2D eigenvalue weighted by molar-refractivity contribution is 5.91. The topological polar surface area (TPSA) is 84.6 Å². The summed E-state index contributed by atoms with van der Waals surface area (Å²) >= 11 is 0. The first-order valence-electron chi connectivity index (χ1n) is 5.66. The van der Waals surface area contributed by atoms with E-state index in [1.54, 1.807) is 38.4 Å². The van der Waals surface area contributed by atoms with Crippen LogP contribution in [0.3, 0.4) is 0 Å². The number of carboxylic acids is 1. The highest BCUT2D eigenvalue weighted by atomic mass is 16.4. The summed E-state index contributed by atoms with van der Waals surface area (Å²) in [5.74, 6) is -0.944. The third-order valence-electron chi connectivity index (χ3n) is 2.66. The Balaban J connectivity index is 2.70. The predicted molar refractivity (Wildman–Crippen MR) is 69.8 cm³/mol. The lowest BCUT2D eigenvalue weighted by atomic mass is 10.2. The molecule has 0 radical (unpaired) electrons. The summed E-state index contributed by atoms with van der Waals surface area (Å²) in [5.41, 5.74) is 1.16. The van der Waals surface area contributed by atoms with Gasteiger partial charge in [0.15, 0.2) is 0 Å². The second-order valence-electron chi connectivity index (χ2n) is 4.07. The smallest absolute Gasteiger partial charge is 0.323 e. The Kier molecular flexibility index (Phi) is 4.89. The molecule has 0 unspecified atom stereocenters. The zero-order chi connectivity index (χ0) is 14.4. The molecule has 1 aromatic carbocycles. The van der Waals surface area contributed by atoms with Crippen molar-refractivity contribution < 1.29 is 14.7 Å². The Bertz CT molecular complexity index is 505. The van der Waals surface area contributed by atoms with Crippen molar-refractivity contribution in [1.29, 1.82) is 5.26 Å². The van der Waals surface area contributed by atoms with Crippen molar-refractivity contribution in [1.82, 2.24) is 4.90 Å². The summed E-state index contributed by atoms with van der Waals surface area (Å²) in [6.45, 7) is 0.148. The molecule has 6 heteroatoms. The molecule has 0 bridgehead atoms. The molecular weight excluding hydrogens is 246 g/mol. The summed E-state index contributed by atoms with van der Waals surface area (Å²) in [4.78, 5) is 25.2. The molecule has 1 aromatic rings. The fourth-order valence-corrected chi connectivity index (χ4v) is 1.49. The van der Waals surface area contributed by atoms with Gasteiger partial charge in [-0.3, -0.25) is 9.69 Å². The average Bonchev–Trinajstić information content (AvgIpc) is 2.43. The minimum absolute atomic E-state index is 0.0938. The maximum absolute atomic E-state index is 12.0. The zero-order valence-electron chi connectivity index (χ0n) is 10.8. The predicted octanol–water partition coefficient (Wildman–Crippen LogP) is 1.52. The van der Waals surface area contributed by atoms with E-state index in [1.807, 2.05) is 6.07 Å². The van der Waals surface area contributed by atoms with Crippen molar-refractivity contribution in [3.05, 3.63) is 29.8 Å². The van der Waals surface area contributed by atoms with Gasteiger partial charge < -0.3 is 10.0 Å². The van der Waals surface area contributed by atoms with Gasteiger partial charge in [0.05, 0.1) is 18.1 Å². The fourth-order valence-electron chi connectivity index (χ4n) is 1.49. The Morgan fingerprint density at radius 2 is 1.84 bits per heavy atom. The Labute approximate surface area is 111 Å². The van der Waals surface area contributed by atoms with Gasteiger partial charge in [0, 0.05) is 26.3 Å². The summed E-state index contributed by atoms with van der Waals surface area (Å²) in [5, 5.41) is 17.3. The lowest BCUT2D eigenvalue weighted by Gasteiger charge is -2.24. The number of benzene rings is 1.